The van der Waals surface area contributed by atoms with Crippen molar-refractivity contribution in [3.05, 3.63) is 70.4 Å². The highest BCUT2D eigenvalue weighted by Crippen LogP contribution is 2.35. The van der Waals surface area contributed by atoms with E-state index in [-0.39, 0.29) is 11.8 Å². The third-order valence-electron chi connectivity index (χ3n) is 5.17. The molecule has 0 aliphatic heterocycles. The summed E-state index contributed by atoms with van der Waals surface area (Å²) in [6.07, 6.45) is 5.66. The van der Waals surface area contributed by atoms with Crippen molar-refractivity contribution in [3.8, 4) is 0 Å². The van der Waals surface area contributed by atoms with Crippen LogP contribution in [0.15, 0.2) is 48.7 Å². The highest BCUT2D eigenvalue weighted by molar-refractivity contribution is 6.30. The number of aryl methyl sites for hydroxylation is 1. The fraction of sp³-hybridized carbons (Fsp3) is 0.318. The second-order valence-corrected chi connectivity index (χ2v) is 7.53. The first-order valence-electron chi connectivity index (χ1n) is 9.29. The maximum atomic E-state index is 12.6. The smallest absolute Gasteiger partial charge is 0.221 e. The lowest BCUT2D eigenvalue weighted by Gasteiger charge is -2.17. The number of fused-ring (bicyclic) bond motifs is 1. The van der Waals surface area contributed by atoms with Crippen LogP contribution in [0.5, 0.6) is 0 Å². The lowest BCUT2D eigenvalue weighted by atomic mass is 9.87. The van der Waals surface area contributed by atoms with Gasteiger partial charge in [-0.05, 0) is 48.1 Å². The minimum Gasteiger partial charge on any atom is -0.361 e. The number of hydrogen-bond acceptors (Lipinski definition) is 1. The number of carbonyl (C=O) groups excluding carboxylic acids is 1. The molecule has 1 saturated carbocycles. The molecule has 1 heterocycles. The highest BCUT2D eigenvalue weighted by atomic mass is 35.5. The third kappa shape index (κ3) is 3.49. The Balaban J connectivity index is 1.75. The van der Waals surface area contributed by atoms with Crippen LogP contribution in [0.25, 0.3) is 10.9 Å². The Kier molecular flexibility index (Phi) is 4.73. The van der Waals surface area contributed by atoms with E-state index < -0.39 is 0 Å². The van der Waals surface area contributed by atoms with Crippen LogP contribution in [0.1, 0.15) is 48.8 Å². The largest absolute Gasteiger partial charge is 0.361 e. The van der Waals surface area contributed by atoms with Crippen molar-refractivity contribution in [1.29, 1.82) is 0 Å². The number of aromatic nitrogens is 1. The lowest BCUT2D eigenvalue weighted by molar-refractivity contribution is -0.121. The number of para-hydroxylation sites is 1. The van der Waals surface area contributed by atoms with Crippen LogP contribution in [0.4, 0.5) is 0 Å². The van der Waals surface area contributed by atoms with Gasteiger partial charge in [0.2, 0.25) is 5.91 Å². The van der Waals surface area contributed by atoms with Crippen LogP contribution >= 0.6 is 11.6 Å². The molecule has 26 heavy (non-hydrogen) atoms. The Hall–Kier alpha value is -2.26. The molecule has 4 rings (SSSR count). The van der Waals surface area contributed by atoms with E-state index in [1.165, 1.54) is 16.5 Å². The fourth-order valence-electron chi connectivity index (χ4n) is 3.65. The number of H-pyrrole nitrogens is 1. The van der Waals surface area contributed by atoms with Crippen molar-refractivity contribution in [2.75, 3.05) is 0 Å². The van der Waals surface area contributed by atoms with Gasteiger partial charge in [-0.2, -0.15) is 0 Å². The quantitative estimate of drug-likeness (QED) is 0.620. The first-order valence-corrected chi connectivity index (χ1v) is 9.67. The molecule has 0 spiro atoms. The summed E-state index contributed by atoms with van der Waals surface area (Å²) in [5, 5.41) is 5.01. The Morgan fingerprint density at radius 1 is 1.27 bits per heavy atom. The summed E-state index contributed by atoms with van der Waals surface area (Å²) in [6, 6.07) is 14.6. The predicted octanol–water partition coefficient (Wildman–Crippen LogP) is 5.18. The molecule has 2 N–H and O–H groups in total. The van der Waals surface area contributed by atoms with E-state index >= 15 is 0 Å². The molecule has 3 aromatic rings. The molecule has 4 heteroatoms. The van der Waals surface area contributed by atoms with Crippen molar-refractivity contribution in [2.45, 2.75) is 44.6 Å². The van der Waals surface area contributed by atoms with Gasteiger partial charge >= 0.3 is 0 Å². The molecule has 0 bridgehead atoms. The second kappa shape index (κ2) is 7.16. The molecular formula is C22H23ClN2O. The van der Waals surface area contributed by atoms with Crippen LogP contribution in [-0.4, -0.2) is 16.9 Å². The number of aromatic amines is 1. The molecule has 0 saturated heterocycles. The molecule has 1 aliphatic rings. The number of halogens is 1. The van der Waals surface area contributed by atoms with Gasteiger partial charge in [0.1, 0.15) is 0 Å². The number of nitrogens with one attached hydrogen (secondary N) is 2. The van der Waals surface area contributed by atoms with Gasteiger partial charge in [-0.3, -0.25) is 4.79 Å². The zero-order chi connectivity index (χ0) is 18.1. The number of carbonyl (C=O) groups is 1. The summed E-state index contributed by atoms with van der Waals surface area (Å²) in [4.78, 5) is 16.0. The molecule has 1 unspecified atom stereocenters. The topological polar surface area (TPSA) is 44.9 Å². The maximum absolute atomic E-state index is 12.6. The zero-order valence-electron chi connectivity index (χ0n) is 14.9. The second-order valence-electron chi connectivity index (χ2n) is 7.09. The van der Waals surface area contributed by atoms with Gasteiger partial charge in [0, 0.05) is 40.5 Å². The van der Waals surface area contributed by atoms with Crippen molar-refractivity contribution in [2.24, 2.45) is 0 Å². The summed E-state index contributed by atoms with van der Waals surface area (Å²) in [5.74, 6) is 0.0896. The van der Waals surface area contributed by atoms with Crippen molar-refractivity contribution < 1.29 is 4.79 Å². The number of hydrogen-bond donors (Lipinski definition) is 2. The van der Waals surface area contributed by atoms with E-state index in [0.717, 1.165) is 30.4 Å². The maximum Gasteiger partial charge on any atom is 0.221 e. The van der Waals surface area contributed by atoms with E-state index in [9.17, 15) is 4.79 Å². The van der Waals surface area contributed by atoms with Gasteiger partial charge in [-0.15, -0.1) is 0 Å². The number of rotatable bonds is 6. The summed E-state index contributed by atoms with van der Waals surface area (Å²) in [5.41, 5.74) is 4.69. The number of benzene rings is 2. The van der Waals surface area contributed by atoms with E-state index in [0.29, 0.717) is 17.5 Å². The van der Waals surface area contributed by atoms with Crippen molar-refractivity contribution in [3.63, 3.8) is 0 Å². The number of amides is 1. The molecule has 134 valence electrons. The van der Waals surface area contributed by atoms with Crippen LogP contribution in [0.3, 0.4) is 0 Å². The van der Waals surface area contributed by atoms with E-state index in [1.807, 2.05) is 18.2 Å². The Labute approximate surface area is 158 Å². The van der Waals surface area contributed by atoms with Crippen molar-refractivity contribution in [1.82, 2.24) is 10.3 Å². The van der Waals surface area contributed by atoms with Gasteiger partial charge < -0.3 is 10.3 Å². The van der Waals surface area contributed by atoms with E-state index in [1.54, 1.807) is 0 Å². The summed E-state index contributed by atoms with van der Waals surface area (Å²) < 4.78 is 0. The van der Waals surface area contributed by atoms with Crippen molar-refractivity contribution >= 4 is 28.4 Å². The van der Waals surface area contributed by atoms with Crippen LogP contribution in [0, 0.1) is 0 Å². The summed E-state index contributed by atoms with van der Waals surface area (Å²) in [7, 11) is 0. The molecule has 1 aliphatic carbocycles. The molecule has 1 aromatic heterocycles. The standard InChI is InChI=1S/C22H23ClN2O/c1-2-14-5-4-8-18-20(13-24-22(14)18)19(12-21(26)25-17-9-10-17)15-6-3-7-16(23)11-15/h3-8,11,13,17,19,24H,2,9-10,12H2,1H3,(H,25,26). The minimum absolute atomic E-state index is 0.0201. The van der Waals surface area contributed by atoms with Crippen LogP contribution < -0.4 is 5.32 Å². The Bertz CT molecular complexity index is 942. The first kappa shape index (κ1) is 17.2. The predicted molar refractivity (Wildman–Crippen MR) is 107 cm³/mol. The van der Waals surface area contributed by atoms with Crippen LogP contribution in [-0.2, 0) is 11.2 Å². The van der Waals surface area contributed by atoms with E-state index in [4.69, 9.17) is 11.6 Å². The van der Waals surface area contributed by atoms with Gasteiger partial charge in [-0.25, -0.2) is 0 Å². The third-order valence-corrected chi connectivity index (χ3v) is 5.41. The zero-order valence-corrected chi connectivity index (χ0v) is 15.6. The SMILES string of the molecule is CCc1cccc2c(C(CC(=O)NC3CC3)c3cccc(Cl)c3)c[nH]c12. The molecule has 2 aromatic carbocycles. The molecule has 1 atom stereocenters. The monoisotopic (exact) mass is 366 g/mol. The van der Waals surface area contributed by atoms with Gasteiger partial charge in [0.05, 0.1) is 0 Å². The lowest BCUT2D eigenvalue weighted by Crippen LogP contribution is -2.27. The minimum atomic E-state index is -0.0201. The molecular weight excluding hydrogens is 344 g/mol. The molecule has 1 fully saturated rings. The fourth-order valence-corrected chi connectivity index (χ4v) is 3.85. The molecule has 0 radical (unpaired) electrons. The van der Waals surface area contributed by atoms with Gasteiger partial charge in [-0.1, -0.05) is 48.9 Å². The van der Waals surface area contributed by atoms with E-state index in [2.05, 4.69) is 47.7 Å². The molecule has 1 amide bonds. The summed E-state index contributed by atoms with van der Waals surface area (Å²) >= 11 is 6.24. The highest BCUT2D eigenvalue weighted by Gasteiger charge is 2.27. The normalized spacial score (nSPS) is 15.2. The Morgan fingerprint density at radius 3 is 2.81 bits per heavy atom. The Morgan fingerprint density at radius 2 is 2.08 bits per heavy atom. The van der Waals surface area contributed by atoms with Crippen LogP contribution in [0.2, 0.25) is 5.02 Å². The van der Waals surface area contributed by atoms with Gasteiger partial charge in [0.25, 0.3) is 0 Å². The van der Waals surface area contributed by atoms with Gasteiger partial charge in [0.15, 0.2) is 0 Å². The summed E-state index contributed by atoms with van der Waals surface area (Å²) in [6.45, 7) is 2.16. The first-order chi connectivity index (χ1) is 12.7. The molecule has 3 nitrogen and oxygen atoms in total. The average Bonchev–Trinajstić information content (AvgIpc) is 3.35. The average molecular weight is 367 g/mol.